The van der Waals surface area contributed by atoms with Crippen LogP contribution in [0.15, 0.2) is 24.3 Å². The van der Waals surface area contributed by atoms with Gasteiger partial charge in [-0.2, -0.15) is 0 Å². The number of esters is 1. The highest BCUT2D eigenvalue weighted by Crippen LogP contribution is 2.29. The van der Waals surface area contributed by atoms with Gasteiger partial charge in [-0.25, -0.2) is 4.98 Å². The number of benzene rings is 1. The van der Waals surface area contributed by atoms with Crippen LogP contribution in [0.3, 0.4) is 0 Å². The van der Waals surface area contributed by atoms with Crippen LogP contribution in [0, 0.1) is 0 Å². The third-order valence-corrected chi connectivity index (χ3v) is 2.72. The van der Waals surface area contributed by atoms with Crippen LogP contribution in [-0.2, 0) is 16.0 Å². The summed E-state index contributed by atoms with van der Waals surface area (Å²) in [6.07, 6.45) is 0.0679. The molecule has 1 aromatic heterocycles. The van der Waals surface area contributed by atoms with Gasteiger partial charge in [0.2, 0.25) is 0 Å². The predicted octanol–water partition coefficient (Wildman–Crippen LogP) is 2.31. The third-order valence-electron chi connectivity index (χ3n) is 2.39. The average Bonchev–Trinajstić information content (AvgIpc) is 2.34. The van der Waals surface area contributed by atoms with Crippen LogP contribution in [0.1, 0.15) is 5.69 Å². The average molecular weight is 252 g/mol. The van der Waals surface area contributed by atoms with E-state index in [9.17, 15) is 9.90 Å². The highest BCUT2D eigenvalue weighted by Gasteiger charge is 2.09. The zero-order valence-corrected chi connectivity index (χ0v) is 9.86. The molecule has 0 saturated carbocycles. The summed E-state index contributed by atoms with van der Waals surface area (Å²) in [6, 6.07) is 6.48. The Morgan fingerprint density at radius 2 is 2.18 bits per heavy atom. The topological polar surface area (TPSA) is 59.4 Å². The van der Waals surface area contributed by atoms with Crippen molar-refractivity contribution in [2.45, 2.75) is 6.42 Å². The molecule has 1 N–H and O–H groups in total. The normalized spacial score (nSPS) is 10.5. The Bertz CT molecular complexity index is 583. The second-order valence-electron chi connectivity index (χ2n) is 3.52. The van der Waals surface area contributed by atoms with E-state index in [1.54, 1.807) is 18.2 Å². The minimum Gasteiger partial charge on any atom is -0.506 e. The van der Waals surface area contributed by atoms with E-state index in [0.717, 1.165) is 0 Å². The van der Waals surface area contributed by atoms with Gasteiger partial charge in [-0.05, 0) is 24.3 Å². The largest absolute Gasteiger partial charge is 0.506 e. The number of carbonyl (C=O) groups is 1. The Kier molecular flexibility index (Phi) is 3.15. The summed E-state index contributed by atoms with van der Waals surface area (Å²) in [5, 5.41) is 10.8. The summed E-state index contributed by atoms with van der Waals surface area (Å²) < 4.78 is 4.55. The summed E-state index contributed by atoms with van der Waals surface area (Å²) in [7, 11) is 1.32. The minimum absolute atomic E-state index is 0.0381. The van der Waals surface area contributed by atoms with Crippen molar-refractivity contribution in [2.24, 2.45) is 0 Å². The van der Waals surface area contributed by atoms with Gasteiger partial charge in [-0.1, -0.05) is 11.6 Å². The fourth-order valence-corrected chi connectivity index (χ4v) is 1.74. The lowest BCUT2D eigenvalue weighted by molar-refractivity contribution is -0.139. The first-order valence-electron chi connectivity index (χ1n) is 4.95. The van der Waals surface area contributed by atoms with Gasteiger partial charge >= 0.3 is 5.97 Å². The Labute approximate surface area is 103 Å². The van der Waals surface area contributed by atoms with Gasteiger partial charge in [0.15, 0.2) is 0 Å². The van der Waals surface area contributed by atoms with Crippen LogP contribution in [0.2, 0.25) is 5.02 Å². The van der Waals surface area contributed by atoms with Crippen LogP contribution in [0.25, 0.3) is 10.9 Å². The molecule has 0 aliphatic carbocycles. The monoisotopic (exact) mass is 251 g/mol. The number of carbonyl (C=O) groups excluding carboxylic acids is 1. The highest BCUT2D eigenvalue weighted by atomic mass is 35.5. The molecule has 0 bridgehead atoms. The molecule has 0 aliphatic heterocycles. The fraction of sp³-hybridized carbons (Fsp3) is 0.167. The molecule has 2 aromatic rings. The molecule has 0 unspecified atom stereocenters. The number of rotatable bonds is 2. The van der Waals surface area contributed by atoms with Crippen molar-refractivity contribution in [1.82, 2.24) is 4.98 Å². The standard InChI is InChI=1S/C12H10ClNO3/c1-17-11(16)6-7-2-3-8-9(13)4-5-10(15)12(8)14-7/h2-5,15H,6H2,1H3. The van der Waals surface area contributed by atoms with Crippen LogP contribution >= 0.6 is 11.6 Å². The minimum atomic E-state index is -0.377. The number of methoxy groups -OCH3 is 1. The zero-order chi connectivity index (χ0) is 12.4. The van der Waals surface area contributed by atoms with Crippen molar-refractivity contribution in [2.75, 3.05) is 7.11 Å². The predicted molar refractivity (Wildman–Crippen MR) is 64.1 cm³/mol. The van der Waals surface area contributed by atoms with Gasteiger partial charge in [0.05, 0.1) is 24.2 Å². The first kappa shape index (κ1) is 11.7. The number of nitrogens with zero attached hydrogens (tertiary/aromatic N) is 1. The summed E-state index contributed by atoms with van der Waals surface area (Å²) in [4.78, 5) is 15.3. The number of phenolic OH excluding ortho intramolecular Hbond substituents is 1. The maximum Gasteiger partial charge on any atom is 0.311 e. The molecule has 0 atom stereocenters. The second kappa shape index (κ2) is 4.59. The molecule has 5 heteroatoms. The lowest BCUT2D eigenvalue weighted by Crippen LogP contribution is -2.05. The van der Waals surface area contributed by atoms with E-state index in [1.807, 2.05) is 0 Å². The summed E-state index contributed by atoms with van der Waals surface area (Å²) >= 11 is 5.97. The van der Waals surface area contributed by atoms with E-state index < -0.39 is 0 Å². The molecular formula is C12H10ClNO3. The van der Waals surface area contributed by atoms with E-state index in [-0.39, 0.29) is 18.1 Å². The molecule has 1 aromatic carbocycles. The van der Waals surface area contributed by atoms with E-state index in [0.29, 0.717) is 21.6 Å². The maximum absolute atomic E-state index is 11.1. The number of hydrogen-bond acceptors (Lipinski definition) is 4. The van der Waals surface area contributed by atoms with Gasteiger partial charge in [0.1, 0.15) is 11.3 Å². The van der Waals surface area contributed by atoms with E-state index in [1.165, 1.54) is 13.2 Å². The van der Waals surface area contributed by atoms with Gasteiger partial charge in [-0.3, -0.25) is 4.79 Å². The molecule has 1 heterocycles. The number of ether oxygens (including phenoxy) is 1. The quantitative estimate of drug-likeness (QED) is 0.832. The van der Waals surface area contributed by atoms with Crippen molar-refractivity contribution in [3.63, 3.8) is 0 Å². The van der Waals surface area contributed by atoms with E-state index in [4.69, 9.17) is 11.6 Å². The molecule has 4 nitrogen and oxygen atoms in total. The maximum atomic E-state index is 11.1. The molecular weight excluding hydrogens is 242 g/mol. The smallest absolute Gasteiger partial charge is 0.311 e. The number of halogens is 1. The molecule has 2 rings (SSSR count). The van der Waals surface area contributed by atoms with Crippen LogP contribution in [-0.4, -0.2) is 23.2 Å². The number of phenols is 1. The number of fused-ring (bicyclic) bond motifs is 1. The summed E-state index contributed by atoms with van der Waals surface area (Å²) in [5.74, 6) is -0.338. The molecule has 0 saturated heterocycles. The second-order valence-corrected chi connectivity index (χ2v) is 3.93. The lowest BCUT2D eigenvalue weighted by Gasteiger charge is -2.05. The first-order chi connectivity index (χ1) is 8.11. The van der Waals surface area contributed by atoms with Crippen molar-refractivity contribution in [1.29, 1.82) is 0 Å². The van der Waals surface area contributed by atoms with Crippen LogP contribution in [0.4, 0.5) is 0 Å². The molecule has 0 spiro atoms. The lowest BCUT2D eigenvalue weighted by atomic mass is 10.1. The van der Waals surface area contributed by atoms with Crippen LogP contribution in [0.5, 0.6) is 5.75 Å². The Hall–Kier alpha value is -1.81. The SMILES string of the molecule is COC(=O)Cc1ccc2c(Cl)ccc(O)c2n1. The van der Waals surface area contributed by atoms with Crippen LogP contribution < -0.4 is 0 Å². The number of pyridine rings is 1. The molecule has 17 heavy (non-hydrogen) atoms. The molecule has 88 valence electrons. The molecule has 0 radical (unpaired) electrons. The molecule has 0 fully saturated rings. The van der Waals surface area contributed by atoms with E-state index >= 15 is 0 Å². The van der Waals surface area contributed by atoms with Crippen molar-refractivity contribution in [3.8, 4) is 5.75 Å². The first-order valence-corrected chi connectivity index (χ1v) is 5.33. The Morgan fingerprint density at radius 1 is 1.41 bits per heavy atom. The van der Waals surface area contributed by atoms with Crippen molar-refractivity contribution in [3.05, 3.63) is 35.0 Å². The van der Waals surface area contributed by atoms with Gasteiger partial charge in [0, 0.05) is 5.39 Å². The summed E-state index contributed by atoms with van der Waals surface area (Å²) in [5.41, 5.74) is 0.917. The summed E-state index contributed by atoms with van der Waals surface area (Å²) in [6.45, 7) is 0. The van der Waals surface area contributed by atoms with Gasteiger partial charge in [-0.15, -0.1) is 0 Å². The number of hydrogen-bond donors (Lipinski definition) is 1. The number of aromatic hydroxyl groups is 1. The third kappa shape index (κ3) is 2.31. The van der Waals surface area contributed by atoms with Crippen molar-refractivity contribution >= 4 is 28.5 Å². The zero-order valence-electron chi connectivity index (χ0n) is 9.11. The van der Waals surface area contributed by atoms with E-state index in [2.05, 4.69) is 9.72 Å². The fourth-order valence-electron chi connectivity index (χ4n) is 1.53. The highest BCUT2D eigenvalue weighted by molar-refractivity contribution is 6.35. The van der Waals surface area contributed by atoms with Gasteiger partial charge in [0.25, 0.3) is 0 Å². The molecule has 0 amide bonds. The van der Waals surface area contributed by atoms with Gasteiger partial charge < -0.3 is 9.84 Å². The Morgan fingerprint density at radius 3 is 2.88 bits per heavy atom. The Balaban J connectivity index is 2.50. The van der Waals surface area contributed by atoms with Crippen molar-refractivity contribution < 1.29 is 14.6 Å². The molecule has 0 aliphatic rings. The number of aromatic nitrogens is 1.